The first-order valence-corrected chi connectivity index (χ1v) is 7.64. The molecular formula is C17H23FN2O2. The van der Waals surface area contributed by atoms with Crippen molar-refractivity contribution >= 4 is 17.5 Å². The Morgan fingerprint density at radius 1 is 1.18 bits per heavy atom. The number of likely N-dealkylation sites (tertiary alicyclic amines) is 1. The van der Waals surface area contributed by atoms with E-state index in [1.165, 1.54) is 6.07 Å². The second-order valence-corrected chi connectivity index (χ2v) is 6.79. The molecule has 0 radical (unpaired) electrons. The summed E-state index contributed by atoms with van der Waals surface area (Å²) in [5.41, 5.74) is -0.192. The highest BCUT2D eigenvalue weighted by molar-refractivity contribution is 5.93. The molecule has 1 aliphatic heterocycles. The van der Waals surface area contributed by atoms with Crippen molar-refractivity contribution in [2.24, 2.45) is 11.3 Å². The van der Waals surface area contributed by atoms with Gasteiger partial charge in [-0.25, -0.2) is 4.39 Å². The molecule has 4 nitrogen and oxygen atoms in total. The summed E-state index contributed by atoms with van der Waals surface area (Å²) in [5, 5.41) is 2.64. The van der Waals surface area contributed by atoms with Gasteiger partial charge < -0.3 is 10.2 Å². The van der Waals surface area contributed by atoms with E-state index in [-0.39, 0.29) is 23.4 Å². The average molecular weight is 306 g/mol. The second-order valence-electron chi connectivity index (χ2n) is 6.79. The fraction of sp³-hybridized carbons (Fsp3) is 0.529. The molecule has 2 rings (SSSR count). The van der Waals surface area contributed by atoms with E-state index in [9.17, 15) is 14.0 Å². The van der Waals surface area contributed by atoms with Gasteiger partial charge in [-0.3, -0.25) is 9.59 Å². The molecule has 1 N–H and O–H groups in total. The number of halogens is 1. The molecule has 0 unspecified atom stereocenters. The number of para-hydroxylation sites is 1. The van der Waals surface area contributed by atoms with Crippen LogP contribution in [0.1, 0.15) is 33.6 Å². The number of rotatable bonds is 2. The number of amides is 2. The van der Waals surface area contributed by atoms with Crippen LogP contribution < -0.4 is 5.32 Å². The third-order valence-electron chi connectivity index (χ3n) is 3.93. The van der Waals surface area contributed by atoms with Crippen LogP contribution in [0.4, 0.5) is 10.1 Å². The van der Waals surface area contributed by atoms with Crippen molar-refractivity contribution < 1.29 is 14.0 Å². The number of piperidine rings is 1. The first-order valence-electron chi connectivity index (χ1n) is 7.64. The largest absolute Gasteiger partial charge is 0.342 e. The highest BCUT2D eigenvalue weighted by Crippen LogP contribution is 2.24. The Bertz CT molecular complexity index is 558. The maximum absolute atomic E-state index is 13.5. The predicted octanol–water partition coefficient (Wildman–Crippen LogP) is 3.05. The second kappa shape index (κ2) is 6.46. The summed E-state index contributed by atoms with van der Waals surface area (Å²) in [6.45, 7) is 6.84. The molecule has 1 aliphatic rings. The molecular weight excluding hydrogens is 283 g/mol. The summed E-state index contributed by atoms with van der Waals surface area (Å²) in [6, 6.07) is 6.14. The number of anilines is 1. The van der Waals surface area contributed by atoms with Crippen molar-refractivity contribution in [1.82, 2.24) is 4.90 Å². The van der Waals surface area contributed by atoms with Crippen LogP contribution in [0.15, 0.2) is 24.3 Å². The van der Waals surface area contributed by atoms with Gasteiger partial charge in [-0.05, 0) is 25.0 Å². The topological polar surface area (TPSA) is 49.4 Å². The lowest BCUT2D eigenvalue weighted by atomic mass is 9.90. The SMILES string of the molecule is CC(C)(C)C(=O)N1CCC(C(=O)Nc2ccccc2F)CC1. The van der Waals surface area contributed by atoms with Crippen molar-refractivity contribution in [2.75, 3.05) is 18.4 Å². The van der Waals surface area contributed by atoms with Gasteiger partial charge in [0.25, 0.3) is 0 Å². The van der Waals surface area contributed by atoms with E-state index in [4.69, 9.17) is 0 Å². The minimum Gasteiger partial charge on any atom is -0.342 e. The molecule has 2 amide bonds. The molecule has 22 heavy (non-hydrogen) atoms. The lowest BCUT2D eigenvalue weighted by Crippen LogP contribution is -2.45. The van der Waals surface area contributed by atoms with E-state index in [0.29, 0.717) is 25.9 Å². The van der Waals surface area contributed by atoms with Crippen LogP contribution in [0.5, 0.6) is 0 Å². The summed E-state index contributed by atoms with van der Waals surface area (Å²) in [4.78, 5) is 26.2. The fourth-order valence-electron chi connectivity index (χ4n) is 2.62. The summed E-state index contributed by atoms with van der Waals surface area (Å²) < 4.78 is 13.5. The molecule has 1 saturated heterocycles. The van der Waals surface area contributed by atoms with Crippen LogP contribution >= 0.6 is 0 Å². The molecule has 1 aromatic rings. The van der Waals surface area contributed by atoms with E-state index in [0.717, 1.165) is 0 Å². The zero-order valence-corrected chi connectivity index (χ0v) is 13.4. The molecule has 1 fully saturated rings. The fourth-order valence-corrected chi connectivity index (χ4v) is 2.62. The van der Waals surface area contributed by atoms with Gasteiger partial charge in [-0.15, -0.1) is 0 Å². The number of nitrogens with one attached hydrogen (secondary N) is 1. The zero-order chi connectivity index (χ0) is 16.3. The minimum atomic E-state index is -0.434. The molecule has 1 heterocycles. The van der Waals surface area contributed by atoms with E-state index >= 15 is 0 Å². The normalized spacial score (nSPS) is 16.5. The Labute approximate surface area is 130 Å². The van der Waals surface area contributed by atoms with Gasteiger partial charge in [0.1, 0.15) is 5.82 Å². The quantitative estimate of drug-likeness (QED) is 0.913. The number of benzene rings is 1. The first-order chi connectivity index (χ1) is 10.3. The molecule has 5 heteroatoms. The van der Waals surface area contributed by atoms with Crippen LogP contribution in [0, 0.1) is 17.2 Å². The highest BCUT2D eigenvalue weighted by atomic mass is 19.1. The Hall–Kier alpha value is -1.91. The van der Waals surface area contributed by atoms with Crippen molar-refractivity contribution in [1.29, 1.82) is 0 Å². The van der Waals surface area contributed by atoms with Gasteiger partial charge in [0.15, 0.2) is 0 Å². The number of carbonyl (C=O) groups excluding carboxylic acids is 2. The van der Waals surface area contributed by atoms with Crippen molar-refractivity contribution in [3.05, 3.63) is 30.1 Å². The maximum Gasteiger partial charge on any atom is 0.227 e. The molecule has 120 valence electrons. The molecule has 0 spiro atoms. The van der Waals surface area contributed by atoms with Crippen LogP contribution in [0.2, 0.25) is 0 Å². The van der Waals surface area contributed by atoms with Gasteiger partial charge in [0, 0.05) is 24.4 Å². The monoisotopic (exact) mass is 306 g/mol. The van der Waals surface area contributed by atoms with Crippen LogP contribution in [-0.2, 0) is 9.59 Å². The standard InChI is InChI=1S/C17H23FN2O2/c1-17(2,3)16(22)20-10-8-12(9-11-20)15(21)19-14-7-5-4-6-13(14)18/h4-7,12H,8-11H2,1-3H3,(H,19,21). The lowest BCUT2D eigenvalue weighted by Gasteiger charge is -2.35. The van der Waals surface area contributed by atoms with E-state index in [1.54, 1.807) is 18.2 Å². The van der Waals surface area contributed by atoms with Crippen LogP contribution in [0.25, 0.3) is 0 Å². The van der Waals surface area contributed by atoms with Gasteiger partial charge in [0.05, 0.1) is 5.69 Å². The third-order valence-corrected chi connectivity index (χ3v) is 3.93. The van der Waals surface area contributed by atoms with Gasteiger partial charge >= 0.3 is 0 Å². The van der Waals surface area contributed by atoms with E-state index in [2.05, 4.69) is 5.32 Å². The summed E-state index contributed by atoms with van der Waals surface area (Å²) in [5.74, 6) is -0.673. The Kier molecular flexibility index (Phi) is 4.84. The lowest BCUT2D eigenvalue weighted by molar-refractivity contribution is -0.142. The van der Waals surface area contributed by atoms with E-state index < -0.39 is 11.2 Å². The molecule has 0 bridgehead atoms. The first kappa shape index (κ1) is 16.5. The van der Waals surface area contributed by atoms with Crippen LogP contribution in [-0.4, -0.2) is 29.8 Å². The number of nitrogens with zero attached hydrogens (tertiary/aromatic N) is 1. The van der Waals surface area contributed by atoms with Crippen LogP contribution in [0.3, 0.4) is 0 Å². The number of hydrogen-bond acceptors (Lipinski definition) is 2. The molecule has 0 aliphatic carbocycles. The smallest absolute Gasteiger partial charge is 0.227 e. The van der Waals surface area contributed by atoms with Crippen molar-refractivity contribution in [3.63, 3.8) is 0 Å². The summed E-state index contributed by atoms with van der Waals surface area (Å²) >= 11 is 0. The minimum absolute atomic E-state index is 0.112. The molecule has 0 atom stereocenters. The highest BCUT2D eigenvalue weighted by Gasteiger charge is 2.32. The third kappa shape index (κ3) is 3.84. The van der Waals surface area contributed by atoms with Gasteiger partial charge in [0.2, 0.25) is 11.8 Å². The van der Waals surface area contributed by atoms with Gasteiger partial charge in [-0.2, -0.15) is 0 Å². The van der Waals surface area contributed by atoms with Crippen molar-refractivity contribution in [3.8, 4) is 0 Å². The molecule has 0 aromatic heterocycles. The van der Waals surface area contributed by atoms with Crippen molar-refractivity contribution in [2.45, 2.75) is 33.6 Å². The maximum atomic E-state index is 13.5. The Balaban J connectivity index is 1.90. The summed E-state index contributed by atoms with van der Waals surface area (Å²) in [7, 11) is 0. The Morgan fingerprint density at radius 2 is 1.77 bits per heavy atom. The van der Waals surface area contributed by atoms with Gasteiger partial charge in [-0.1, -0.05) is 32.9 Å². The molecule has 0 saturated carbocycles. The average Bonchev–Trinajstić information content (AvgIpc) is 2.48. The number of carbonyl (C=O) groups is 2. The Morgan fingerprint density at radius 3 is 2.32 bits per heavy atom. The predicted molar refractivity (Wildman–Crippen MR) is 83.8 cm³/mol. The number of hydrogen-bond donors (Lipinski definition) is 1. The zero-order valence-electron chi connectivity index (χ0n) is 13.4. The summed E-state index contributed by atoms with van der Waals surface area (Å²) in [6.07, 6.45) is 1.23. The molecule has 1 aromatic carbocycles. The van der Waals surface area contributed by atoms with E-state index in [1.807, 2.05) is 25.7 Å².